The predicted molar refractivity (Wildman–Crippen MR) is 147 cm³/mol. The molecule has 1 saturated heterocycles. The number of likely N-dealkylation sites (N-methyl/N-ethyl adjacent to an activating group) is 1. The van der Waals surface area contributed by atoms with Crippen molar-refractivity contribution in [3.8, 4) is 11.8 Å². The number of nitrogens with zero attached hydrogens (tertiary/aromatic N) is 5. The van der Waals surface area contributed by atoms with Crippen molar-refractivity contribution in [2.75, 3.05) is 38.5 Å². The van der Waals surface area contributed by atoms with Gasteiger partial charge in [-0.05, 0) is 60.8 Å². The third-order valence-corrected chi connectivity index (χ3v) is 7.00. The van der Waals surface area contributed by atoms with Crippen LogP contribution < -0.4 is 5.32 Å². The lowest BCUT2D eigenvalue weighted by Gasteiger charge is -2.32. The smallest absolute Gasteiger partial charge is 0.322 e. The number of alkyl halides is 3. The predicted octanol–water partition coefficient (Wildman–Crippen LogP) is 4.71. The third-order valence-electron chi connectivity index (χ3n) is 7.00. The van der Waals surface area contributed by atoms with Crippen LogP contribution in [0.5, 0.6) is 0 Å². The molecule has 3 heterocycles. The fourth-order valence-electron chi connectivity index (χ4n) is 4.85. The van der Waals surface area contributed by atoms with Gasteiger partial charge < -0.3 is 10.2 Å². The first kappa shape index (κ1) is 27.4. The lowest BCUT2D eigenvalue weighted by molar-refractivity contribution is -0.137. The van der Waals surface area contributed by atoms with Crippen LogP contribution in [0.25, 0.3) is 5.65 Å². The molecular formula is C30H29F3N6O. The molecule has 10 heteroatoms. The van der Waals surface area contributed by atoms with E-state index in [2.05, 4.69) is 36.9 Å². The molecule has 2 aromatic carbocycles. The molecule has 1 amide bonds. The number of fused-ring (bicyclic) bond motifs is 1. The van der Waals surface area contributed by atoms with Crippen molar-refractivity contribution < 1.29 is 18.0 Å². The van der Waals surface area contributed by atoms with E-state index in [9.17, 15) is 18.0 Å². The highest BCUT2D eigenvalue weighted by molar-refractivity contribution is 6.05. The summed E-state index contributed by atoms with van der Waals surface area (Å²) in [5.41, 5.74) is 2.93. The van der Waals surface area contributed by atoms with Gasteiger partial charge in [0.05, 0.1) is 18.0 Å². The molecule has 0 radical (unpaired) electrons. The van der Waals surface area contributed by atoms with Crippen LogP contribution in [0.3, 0.4) is 0 Å². The van der Waals surface area contributed by atoms with Crippen LogP contribution >= 0.6 is 0 Å². The second kappa shape index (κ2) is 11.5. The van der Waals surface area contributed by atoms with Gasteiger partial charge in [-0.3, -0.25) is 19.1 Å². The van der Waals surface area contributed by atoms with Gasteiger partial charge in [0.25, 0.3) is 5.91 Å². The number of nitrogens with one attached hydrogen (secondary N) is 1. The molecule has 0 atom stereocenters. The van der Waals surface area contributed by atoms with Gasteiger partial charge in [0.1, 0.15) is 5.69 Å². The van der Waals surface area contributed by atoms with Crippen molar-refractivity contribution in [3.63, 3.8) is 0 Å². The first-order valence-corrected chi connectivity index (χ1v) is 13.1. The van der Waals surface area contributed by atoms with Crippen molar-refractivity contribution in [1.29, 1.82) is 0 Å². The van der Waals surface area contributed by atoms with E-state index >= 15 is 0 Å². The van der Waals surface area contributed by atoms with Crippen LogP contribution in [0.2, 0.25) is 0 Å². The fourth-order valence-corrected chi connectivity index (χ4v) is 4.85. The number of rotatable bonds is 5. The second-order valence-electron chi connectivity index (χ2n) is 9.83. The molecule has 206 valence electrons. The minimum absolute atomic E-state index is 0.113. The Balaban J connectivity index is 1.41. The molecule has 1 fully saturated rings. The molecule has 1 aliphatic heterocycles. The minimum Gasteiger partial charge on any atom is -0.322 e. The van der Waals surface area contributed by atoms with E-state index < -0.39 is 17.6 Å². The van der Waals surface area contributed by atoms with E-state index in [1.165, 1.54) is 0 Å². The molecule has 0 spiro atoms. The molecule has 2 aromatic heterocycles. The lowest BCUT2D eigenvalue weighted by Crippen LogP contribution is -2.43. The van der Waals surface area contributed by atoms with Gasteiger partial charge >= 0.3 is 6.18 Å². The topological polar surface area (TPSA) is 65.8 Å². The number of carbonyl (C=O) groups is 1. The van der Waals surface area contributed by atoms with Crippen LogP contribution in [0.15, 0.2) is 61.2 Å². The summed E-state index contributed by atoms with van der Waals surface area (Å²) < 4.78 is 43.1. The van der Waals surface area contributed by atoms with E-state index in [0.717, 1.165) is 38.3 Å². The van der Waals surface area contributed by atoms with Crippen LogP contribution in [0, 0.1) is 11.8 Å². The summed E-state index contributed by atoms with van der Waals surface area (Å²) >= 11 is 0. The standard InChI is InChI=1S/C30H29F3N6O/c1-3-26-22(7-8-25-18-35-28-19-34-9-10-39(25)28)5-4-6-27(26)29(40)36-24-16-21(15-23(17-24)30(31,32)33)20-38-13-11-37(2)12-14-38/h4-6,9-10,15-19H,3,11-14,20H2,1-2H3,(H,36,40). The van der Waals surface area contributed by atoms with Crippen molar-refractivity contribution in [1.82, 2.24) is 24.2 Å². The largest absolute Gasteiger partial charge is 0.416 e. The molecule has 4 aromatic rings. The zero-order valence-electron chi connectivity index (χ0n) is 22.3. The number of carbonyl (C=O) groups excluding carboxylic acids is 1. The Morgan fingerprint density at radius 2 is 1.88 bits per heavy atom. The summed E-state index contributed by atoms with van der Waals surface area (Å²) in [6, 6.07) is 8.99. The SMILES string of the molecule is CCc1c(C#Cc2cnc3cnccn23)cccc1C(=O)Nc1cc(CN2CCN(C)CC2)cc(C(F)(F)F)c1. The molecule has 5 rings (SSSR count). The normalized spacial score (nSPS) is 14.6. The van der Waals surface area contributed by atoms with Crippen LogP contribution in [-0.2, 0) is 19.1 Å². The molecular weight excluding hydrogens is 517 g/mol. The summed E-state index contributed by atoms with van der Waals surface area (Å²) in [5, 5.41) is 2.72. The Morgan fingerprint density at radius 3 is 2.62 bits per heavy atom. The number of amides is 1. The average Bonchev–Trinajstić information content (AvgIpc) is 3.35. The highest BCUT2D eigenvalue weighted by Gasteiger charge is 2.31. The zero-order valence-corrected chi connectivity index (χ0v) is 22.3. The van der Waals surface area contributed by atoms with E-state index in [-0.39, 0.29) is 5.69 Å². The van der Waals surface area contributed by atoms with Gasteiger partial charge in [0.15, 0.2) is 5.65 Å². The molecule has 1 aliphatic rings. The number of hydrogen-bond acceptors (Lipinski definition) is 5. The maximum Gasteiger partial charge on any atom is 0.416 e. The van der Waals surface area contributed by atoms with Crippen molar-refractivity contribution >= 4 is 17.2 Å². The fraction of sp³-hybridized carbons (Fsp3) is 0.300. The Bertz CT molecular complexity index is 1590. The van der Waals surface area contributed by atoms with Crippen molar-refractivity contribution in [2.45, 2.75) is 26.1 Å². The molecule has 7 nitrogen and oxygen atoms in total. The number of anilines is 1. The summed E-state index contributed by atoms with van der Waals surface area (Å²) in [6.07, 6.45) is 2.69. The minimum atomic E-state index is -4.53. The Hall–Kier alpha value is -4.20. The maximum atomic E-state index is 13.8. The van der Waals surface area contributed by atoms with E-state index in [4.69, 9.17) is 0 Å². The molecule has 0 bridgehead atoms. The number of aromatic nitrogens is 3. The van der Waals surface area contributed by atoms with E-state index in [0.29, 0.717) is 46.6 Å². The highest BCUT2D eigenvalue weighted by atomic mass is 19.4. The monoisotopic (exact) mass is 546 g/mol. The van der Waals surface area contributed by atoms with Gasteiger partial charge in [0.2, 0.25) is 0 Å². The molecule has 1 N–H and O–H groups in total. The molecule has 0 saturated carbocycles. The van der Waals surface area contributed by atoms with E-state index in [1.807, 2.05) is 24.4 Å². The van der Waals surface area contributed by atoms with Crippen LogP contribution in [0.1, 0.15) is 45.2 Å². The van der Waals surface area contributed by atoms with Crippen LogP contribution in [0.4, 0.5) is 18.9 Å². The lowest BCUT2D eigenvalue weighted by atomic mass is 9.98. The summed E-state index contributed by atoms with van der Waals surface area (Å²) in [5.74, 6) is 5.76. The number of halogens is 3. The van der Waals surface area contributed by atoms with Crippen LogP contribution in [-0.4, -0.2) is 63.3 Å². The number of imidazole rings is 1. The number of benzene rings is 2. The average molecular weight is 547 g/mol. The number of piperazine rings is 1. The Labute approximate surface area is 230 Å². The molecule has 40 heavy (non-hydrogen) atoms. The first-order chi connectivity index (χ1) is 19.2. The molecule has 0 unspecified atom stereocenters. The van der Waals surface area contributed by atoms with Crippen molar-refractivity contribution in [3.05, 3.63) is 94.7 Å². The highest BCUT2D eigenvalue weighted by Crippen LogP contribution is 2.33. The summed E-state index contributed by atoms with van der Waals surface area (Å²) in [4.78, 5) is 26.0. The first-order valence-electron chi connectivity index (χ1n) is 13.1. The van der Waals surface area contributed by atoms with Gasteiger partial charge in [-0.1, -0.05) is 18.9 Å². The van der Waals surface area contributed by atoms with Gasteiger partial charge in [-0.25, -0.2) is 4.98 Å². The Morgan fingerprint density at radius 1 is 1.07 bits per heavy atom. The van der Waals surface area contributed by atoms with Crippen molar-refractivity contribution in [2.24, 2.45) is 0 Å². The summed E-state index contributed by atoms with van der Waals surface area (Å²) in [6.45, 7) is 5.55. The van der Waals surface area contributed by atoms with Gasteiger partial charge in [-0.15, -0.1) is 0 Å². The molecule has 0 aliphatic carbocycles. The van der Waals surface area contributed by atoms with Gasteiger partial charge in [-0.2, -0.15) is 13.2 Å². The maximum absolute atomic E-state index is 13.8. The Kier molecular flexibility index (Phi) is 7.87. The quantitative estimate of drug-likeness (QED) is 0.368. The number of hydrogen-bond donors (Lipinski definition) is 1. The second-order valence-corrected chi connectivity index (χ2v) is 9.83. The van der Waals surface area contributed by atoms with Gasteiger partial charge in [0, 0.05) is 61.9 Å². The third kappa shape index (κ3) is 6.17. The van der Waals surface area contributed by atoms with E-state index in [1.54, 1.807) is 43.0 Å². The zero-order chi connectivity index (χ0) is 28.3. The summed E-state index contributed by atoms with van der Waals surface area (Å²) in [7, 11) is 2.03.